The number of nitrogens with two attached hydrogens (primary N) is 1. The van der Waals surface area contributed by atoms with Crippen LogP contribution in [0.25, 0.3) is 0 Å². The molecule has 68 valence electrons. The molecule has 0 heterocycles. The van der Waals surface area contributed by atoms with Crippen LogP contribution < -0.4 is 11.1 Å². The Morgan fingerprint density at radius 2 is 2.18 bits per heavy atom. The zero-order chi connectivity index (χ0) is 8.53. The Labute approximate surface area is 69.0 Å². The number of aliphatic hydroxyl groups excluding tert-OH is 1. The van der Waals surface area contributed by atoms with E-state index in [2.05, 4.69) is 12.2 Å². The third-order valence-corrected chi connectivity index (χ3v) is 1.66. The van der Waals surface area contributed by atoms with Gasteiger partial charge in [0.05, 0.1) is 0 Å². The normalized spacial score (nSPS) is 13.4. The summed E-state index contributed by atoms with van der Waals surface area (Å²) in [7, 11) is 0. The highest BCUT2D eigenvalue weighted by Gasteiger charge is 1.96. The Morgan fingerprint density at radius 3 is 2.73 bits per heavy atom. The molecule has 0 aliphatic rings. The topological polar surface area (TPSA) is 58.3 Å². The lowest BCUT2D eigenvalue weighted by molar-refractivity contribution is 0.283. The number of rotatable bonds is 7. The van der Waals surface area contributed by atoms with Crippen molar-refractivity contribution >= 4 is 0 Å². The van der Waals surface area contributed by atoms with Gasteiger partial charge in [-0.3, -0.25) is 0 Å². The molecule has 0 saturated carbocycles. The number of unbranched alkanes of at least 4 members (excludes halogenated alkanes) is 1. The van der Waals surface area contributed by atoms with Gasteiger partial charge in [0.1, 0.15) is 0 Å². The minimum atomic E-state index is 0.300. The van der Waals surface area contributed by atoms with E-state index in [0.29, 0.717) is 12.5 Å². The number of hydrogen-bond donors (Lipinski definition) is 3. The monoisotopic (exact) mass is 160 g/mol. The standard InChI is InChI=1S/C8H20N2O/c1-8(6-9)7-10-4-2-3-5-11/h8,10-11H,2-7,9H2,1H3. The second-order valence-corrected chi connectivity index (χ2v) is 2.98. The predicted molar refractivity (Wildman–Crippen MR) is 47.4 cm³/mol. The largest absolute Gasteiger partial charge is 0.396 e. The molecule has 0 radical (unpaired) electrons. The van der Waals surface area contributed by atoms with E-state index >= 15 is 0 Å². The molecule has 0 saturated heterocycles. The van der Waals surface area contributed by atoms with Crippen molar-refractivity contribution in [2.45, 2.75) is 19.8 Å². The molecule has 0 aliphatic carbocycles. The first kappa shape index (κ1) is 10.9. The molecular formula is C8H20N2O. The van der Waals surface area contributed by atoms with Crippen molar-refractivity contribution in [2.24, 2.45) is 11.7 Å². The van der Waals surface area contributed by atoms with Crippen LogP contribution in [-0.2, 0) is 0 Å². The van der Waals surface area contributed by atoms with Crippen LogP contribution >= 0.6 is 0 Å². The molecule has 0 aromatic rings. The van der Waals surface area contributed by atoms with Crippen molar-refractivity contribution in [3.8, 4) is 0 Å². The number of hydrogen-bond acceptors (Lipinski definition) is 3. The van der Waals surface area contributed by atoms with Crippen LogP contribution in [0, 0.1) is 5.92 Å². The van der Waals surface area contributed by atoms with E-state index < -0.39 is 0 Å². The zero-order valence-corrected chi connectivity index (χ0v) is 7.34. The minimum absolute atomic E-state index is 0.300. The van der Waals surface area contributed by atoms with Gasteiger partial charge in [-0.2, -0.15) is 0 Å². The fourth-order valence-electron chi connectivity index (χ4n) is 0.794. The summed E-state index contributed by atoms with van der Waals surface area (Å²) in [6.07, 6.45) is 1.94. The molecule has 1 atom stereocenters. The first-order valence-electron chi connectivity index (χ1n) is 4.33. The molecule has 1 unspecified atom stereocenters. The highest BCUT2D eigenvalue weighted by Crippen LogP contribution is 1.88. The van der Waals surface area contributed by atoms with Crippen molar-refractivity contribution in [3.05, 3.63) is 0 Å². The average molecular weight is 160 g/mol. The van der Waals surface area contributed by atoms with Crippen molar-refractivity contribution in [1.82, 2.24) is 5.32 Å². The quantitative estimate of drug-likeness (QED) is 0.457. The molecule has 3 nitrogen and oxygen atoms in total. The SMILES string of the molecule is CC(CN)CNCCCCO. The van der Waals surface area contributed by atoms with Crippen molar-refractivity contribution in [2.75, 3.05) is 26.2 Å². The summed E-state index contributed by atoms with van der Waals surface area (Å²) in [5, 5.41) is 11.8. The Balaban J connectivity index is 2.89. The Hall–Kier alpha value is -0.120. The lowest BCUT2D eigenvalue weighted by atomic mass is 10.2. The van der Waals surface area contributed by atoms with Crippen LogP contribution in [0.1, 0.15) is 19.8 Å². The second-order valence-electron chi connectivity index (χ2n) is 2.98. The van der Waals surface area contributed by atoms with Crippen LogP contribution in [0.2, 0.25) is 0 Å². The van der Waals surface area contributed by atoms with E-state index in [9.17, 15) is 0 Å². The minimum Gasteiger partial charge on any atom is -0.396 e. The van der Waals surface area contributed by atoms with Crippen LogP contribution in [0.15, 0.2) is 0 Å². The predicted octanol–water partition coefficient (Wildman–Crippen LogP) is -0.0567. The summed E-state index contributed by atoms with van der Waals surface area (Å²) < 4.78 is 0. The maximum absolute atomic E-state index is 8.47. The lowest BCUT2D eigenvalue weighted by Crippen LogP contribution is -2.26. The molecular weight excluding hydrogens is 140 g/mol. The van der Waals surface area contributed by atoms with E-state index in [-0.39, 0.29) is 0 Å². The van der Waals surface area contributed by atoms with E-state index in [0.717, 1.165) is 32.5 Å². The fourth-order valence-corrected chi connectivity index (χ4v) is 0.794. The van der Waals surface area contributed by atoms with Gasteiger partial charge in [0.2, 0.25) is 0 Å². The molecule has 0 amide bonds. The molecule has 0 aromatic carbocycles. The molecule has 0 spiro atoms. The van der Waals surface area contributed by atoms with E-state index in [1.807, 2.05) is 0 Å². The Morgan fingerprint density at radius 1 is 1.45 bits per heavy atom. The summed E-state index contributed by atoms with van der Waals surface area (Å²) >= 11 is 0. The third kappa shape index (κ3) is 7.78. The Kier molecular flexibility index (Phi) is 7.89. The average Bonchev–Trinajstić information content (AvgIpc) is 2.04. The van der Waals surface area contributed by atoms with Gasteiger partial charge in [0, 0.05) is 6.61 Å². The smallest absolute Gasteiger partial charge is 0.0431 e. The summed E-state index contributed by atoms with van der Waals surface area (Å²) in [6.45, 7) is 5.15. The van der Waals surface area contributed by atoms with Crippen LogP contribution in [-0.4, -0.2) is 31.3 Å². The molecule has 0 aromatic heterocycles. The summed E-state index contributed by atoms with van der Waals surface area (Å²) in [4.78, 5) is 0. The molecule has 11 heavy (non-hydrogen) atoms. The van der Waals surface area contributed by atoms with Crippen LogP contribution in [0.4, 0.5) is 0 Å². The van der Waals surface area contributed by atoms with Gasteiger partial charge in [-0.25, -0.2) is 0 Å². The molecule has 0 bridgehead atoms. The van der Waals surface area contributed by atoms with E-state index in [4.69, 9.17) is 10.8 Å². The highest BCUT2D eigenvalue weighted by atomic mass is 16.2. The maximum atomic E-state index is 8.47. The van der Waals surface area contributed by atoms with Crippen LogP contribution in [0.5, 0.6) is 0 Å². The first-order valence-corrected chi connectivity index (χ1v) is 4.33. The highest BCUT2D eigenvalue weighted by molar-refractivity contribution is 4.56. The number of nitrogens with one attached hydrogen (secondary N) is 1. The molecule has 0 aliphatic heterocycles. The fraction of sp³-hybridized carbons (Fsp3) is 1.00. The Bertz CT molecular complexity index is 78.5. The zero-order valence-electron chi connectivity index (χ0n) is 7.34. The molecule has 3 heteroatoms. The van der Waals surface area contributed by atoms with Gasteiger partial charge in [-0.1, -0.05) is 6.92 Å². The van der Waals surface area contributed by atoms with Crippen LogP contribution in [0.3, 0.4) is 0 Å². The number of aliphatic hydroxyl groups is 1. The maximum Gasteiger partial charge on any atom is 0.0431 e. The third-order valence-electron chi connectivity index (χ3n) is 1.66. The van der Waals surface area contributed by atoms with Crippen molar-refractivity contribution in [1.29, 1.82) is 0 Å². The van der Waals surface area contributed by atoms with E-state index in [1.54, 1.807) is 0 Å². The summed E-state index contributed by atoms with van der Waals surface area (Å²) in [5.74, 6) is 0.559. The van der Waals surface area contributed by atoms with Gasteiger partial charge in [-0.15, -0.1) is 0 Å². The second kappa shape index (κ2) is 7.98. The van der Waals surface area contributed by atoms with Gasteiger partial charge in [0.25, 0.3) is 0 Å². The van der Waals surface area contributed by atoms with Gasteiger partial charge in [-0.05, 0) is 38.4 Å². The van der Waals surface area contributed by atoms with Gasteiger partial charge >= 0.3 is 0 Å². The van der Waals surface area contributed by atoms with Gasteiger partial charge in [0.15, 0.2) is 0 Å². The molecule has 0 rings (SSSR count). The summed E-state index contributed by atoms with van der Waals surface area (Å²) in [5.41, 5.74) is 5.43. The lowest BCUT2D eigenvalue weighted by Gasteiger charge is -2.08. The van der Waals surface area contributed by atoms with E-state index in [1.165, 1.54) is 0 Å². The molecule has 0 fully saturated rings. The van der Waals surface area contributed by atoms with Gasteiger partial charge < -0.3 is 16.2 Å². The summed E-state index contributed by atoms with van der Waals surface area (Å²) in [6, 6.07) is 0. The first-order chi connectivity index (χ1) is 5.31. The van der Waals surface area contributed by atoms with Crippen molar-refractivity contribution in [3.63, 3.8) is 0 Å². The van der Waals surface area contributed by atoms with Crippen molar-refractivity contribution < 1.29 is 5.11 Å². The molecule has 4 N–H and O–H groups in total.